The van der Waals surface area contributed by atoms with Gasteiger partial charge in [0.2, 0.25) is 5.84 Å². The van der Waals surface area contributed by atoms with E-state index in [9.17, 15) is 4.79 Å². The standard InChI is InChI=1S/C54H40N6O2/c1-2-62-53(61)52-58-60(41-26-16-7-17-27-41)54(40-24-14-6-15-25-40)47-33-32-46(57-47)51(38-22-12-5-13-23-38)45-31-30-44(56-45)50(37-20-10-4-11-21-37)43-29-28-42(55-43)49(36-18-8-3-9-19-36)39-34-48(54)59(52)35-39/h3-35,55,57H,2H2,1H3/b49-42-,50-43-,51-45-. The van der Waals surface area contributed by atoms with Gasteiger partial charge in [-0.05, 0) is 83.8 Å². The summed E-state index contributed by atoms with van der Waals surface area (Å²) in [4.78, 5) is 27.5. The Hall–Kier alpha value is -8.23. The van der Waals surface area contributed by atoms with E-state index in [2.05, 4.69) is 150 Å². The van der Waals surface area contributed by atoms with Gasteiger partial charge in [-0.15, -0.1) is 5.10 Å². The number of ether oxygens (including phenoxy) is 1. The minimum atomic E-state index is -1.14. The van der Waals surface area contributed by atoms with Crippen molar-refractivity contribution in [2.45, 2.75) is 12.5 Å². The number of hydrogen-bond acceptors (Lipinski definition) is 5. The number of anilines is 1. The van der Waals surface area contributed by atoms with Crippen molar-refractivity contribution in [3.63, 3.8) is 0 Å². The highest BCUT2D eigenvalue weighted by Gasteiger charge is 2.51. The number of aliphatic imine (C=N–C) groups is 1. The maximum absolute atomic E-state index is 14.3. The third kappa shape index (κ3) is 5.95. The van der Waals surface area contributed by atoms with Crippen LogP contribution in [0.3, 0.4) is 0 Å². The number of nitrogens with one attached hydrogen (secondary N) is 2. The molecule has 0 fully saturated rings. The number of esters is 1. The molecule has 3 aliphatic heterocycles. The number of para-hydroxylation sites is 1. The molecule has 1 atom stereocenters. The zero-order chi connectivity index (χ0) is 41.6. The second-order valence-corrected chi connectivity index (χ2v) is 15.4. The Morgan fingerprint density at radius 2 is 1.19 bits per heavy atom. The molecule has 0 saturated carbocycles. The molecule has 8 heteroatoms. The molecule has 3 aliphatic rings. The van der Waals surface area contributed by atoms with Gasteiger partial charge in [-0.25, -0.2) is 14.8 Å². The number of carbonyl (C=O) groups excluding carboxylic acids is 1. The van der Waals surface area contributed by atoms with E-state index in [-0.39, 0.29) is 12.4 Å². The highest BCUT2D eigenvalue weighted by molar-refractivity contribution is 6.37. The molecule has 8 nitrogen and oxygen atoms in total. The summed E-state index contributed by atoms with van der Waals surface area (Å²) < 4.78 is 7.71. The first-order valence-corrected chi connectivity index (χ1v) is 20.8. The first-order chi connectivity index (χ1) is 30.6. The molecule has 1 unspecified atom stereocenters. The topological polar surface area (TPSA) is 90.8 Å². The van der Waals surface area contributed by atoms with Crippen LogP contribution in [0.2, 0.25) is 0 Å². The van der Waals surface area contributed by atoms with E-state index in [4.69, 9.17) is 14.8 Å². The fourth-order valence-corrected chi connectivity index (χ4v) is 9.15. The second-order valence-electron chi connectivity index (χ2n) is 15.4. The first kappa shape index (κ1) is 36.8. The third-order valence-corrected chi connectivity index (χ3v) is 11.8. The van der Waals surface area contributed by atoms with Crippen LogP contribution in [0, 0.1) is 0 Å². The molecule has 0 saturated heterocycles. The van der Waals surface area contributed by atoms with Crippen molar-refractivity contribution < 1.29 is 9.53 Å². The van der Waals surface area contributed by atoms with E-state index in [0.717, 1.165) is 89.4 Å². The molecule has 62 heavy (non-hydrogen) atoms. The van der Waals surface area contributed by atoms with Crippen molar-refractivity contribution in [3.8, 4) is 0 Å². The molecule has 0 aliphatic carbocycles. The van der Waals surface area contributed by atoms with Crippen LogP contribution in [0.5, 0.6) is 0 Å². The number of nitrogens with zero attached hydrogens (tertiary/aromatic N) is 4. The Balaban J connectivity index is 1.34. The largest absolute Gasteiger partial charge is 0.460 e. The second kappa shape index (κ2) is 15.1. The smallest absolute Gasteiger partial charge is 0.376 e. The number of fused-ring (bicyclic) bond motifs is 7. The molecule has 0 amide bonds. The number of hydrazone groups is 1. The predicted octanol–water partition coefficient (Wildman–Crippen LogP) is 8.91. The molecule has 11 rings (SSSR count). The van der Waals surface area contributed by atoms with Gasteiger partial charge < -0.3 is 14.7 Å². The van der Waals surface area contributed by atoms with E-state index in [0.29, 0.717) is 0 Å². The predicted molar refractivity (Wildman–Crippen MR) is 246 cm³/mol. The molecule has 6 heterocycles. The lowest BCUT2D eigenvalue weighted by Gasteiger charge is -2.45. The Labute approximate surface area is 358 Å². The van der Waals surface area contributed by atoms with Crippen LogP contribution in [-0.2, 0) is 15.1 Å². The quantitative estimate of drug-likeness (QED) is 0.158. The summed E-state index contributed by atoms with van der Waals surface area (Å²) in [5, 5.41) is 9.13. The van der Waals surface area contributed by atoms with Crippen LogP contribution < -0.4 is 15.7 Å². The summed E-state index contributed by atoms with van der Waals surface area (Å²) in [5.41, 5.74) is 11.6. The Morgan fingerprint density at radius 3 is 1.84 bits per heavy atom. The van der Waals surface area contributed by atoms with Crippen LogP contribution >= 0.6 is 0 Å². The summed E-state index contributed by atoms with van der Waals surface area (Å²) in [6, 6.07) is 62.3. The lowest BCUT2D eigenvalue weighted by atomic mass is 9.81. The van der Waals surface area contributed by atoms with Gasteiger partial charge in [0, 0.05) is 44.9 Å². The lowest BCUT2D eigenvalue weighted by Crippen LogP contribution is -2.52. The van der Waals surface area contributed by atoms with Gasteiger partial charge in [-0.1, -0.05) is 140 Å². The van der Waals surface area contributed by atoms with Gasteiger partial charge in [-0.2, -0.15) is 0 Å². The van der Waals surface area contributed by atoms with Crippen molar-refractivity contribution in [2.24, 2.45) is 10.1 Å². The van der Waals surface area contributed by atoms with Crippen LogP contribution in [0.15, 0.2) is 216 Å². The molecule has 2 N–H and O–H groups in total. The SMILES string of the molecule is CCOC(=O)C1=NN(c2ccccc2)C2(c3ccccc3)c3ccc([nH]3)/C(c3ccccc3)=C3/C=CC(=N3)/C(c3ccccc3)=c3/cc/c([nH]3)=C(\c3ccccc3)c3cc2n1c3. The minimum Gasteiger partial charge on any atom is -0.460 e. The van der Waals surface area contributed by atoms with Gasteiger partial charge in [-0.3, -0.25) is 4.57 Å². The average molecular weight is 805 g/mol. The average Bonchev–Trinajstić information content (AvgIpc) is 4.17. The number of allylic oxidation sites excluding steroid dienone is 2. The molecular weight excluding hydrogens is 765 g/mol. The van der Waals surface area contributed by atoms with Crippen LogP contribution in [0.25, 0.3) is 16.7 Å². The molecule has 5 aromatic carbocycles. The van der Waals surface area contributed by atoms with Crippen molar-refractivity contribution in [1.82, 2.24) is 14.5 Å². The summed E-state index contributed by atoms with van der Waals surface area (Å²) in [7, 11) is 0. The van der Waals surface area contributed by atoms with Crippen molar-refractivity contribution >= 4 is 39.9 Å². The summed E-state index contributed by atoms with van der Waals surface area (Å²) in [6.45, 7) is 2.01. The normalized spacial score (nSPS) is 19.5. The molecule has 8 bridgehead atoms. The Morgan fingerprint density at radius 1 is 0.613 bits per heavy atom. The maximum atomic E-state index is 14.3. The van der Waals surface area contributed by atoms with Crippen LogP contribution in [0.4, 0.5) is 5.69 Å². The van der Waals surface area contributed by atoms with Gasteiger partial charge >= 0.3 is 5.97 Å². The summed E-state index contributed by atoms with van der Waals surface area (Å²) in [5.74, 6) is -0.378. The fourth-order valence-electron chi connectivity index (χ4n) is 9.15. The number of rotatable bonds is 7. The van der Waals surface area contributed by atoms with Crippen molar-refractivity contribution in [2.75, 3.05) is 11.6 Å². The van der Waals surface area contributed by atoms with E-state index in [1.165, 1.54) is 0 Å². The summed E-state index contributed by atoms with van der Waals surface area (Å²) >= 11 is 0. The monoisotopic (exact) mass is 804 g/mol. The fraction of sp³-hybridized carbons (Fsp3) is 0.0556. The Bertz CT molecular complexity index is 3250. The Kier molecular flexibility index (Phi) is 8.97. The van der Waals surface area contributed by atoms with E-state index >= 15 is 0 Å². The maximum Gasteiger partial charge on any atom is 0.376 e. The number of hydrogen-bond donors (Lipinski definition) is 2. The molecule has 0 spiro atoms. The van der Waals surface area contributed by atoms with Crippen molar-refractivity contribution in [1.29, 1.82) is 0 Å². The number of carbonyl (C=O) groups is 1. The third-order valence-electron chi connectivity index (χ3n) is 11.8. The number of H-pyrrole nitrogens is 2. The van der Waals surface area contributed by atoms with Gasteiger partial charge in [0.1, 0.15) is 0 Å². The van der Waals surface area contributed by atoms with Gasteiger partial charge in [0.25, 0.3) is 0 Å². The minimum absolute atomic E-state index is 0.150. The van der Waals surface area contributed by atoms with Crippen molar-refractivity contribution in [3.05, 3.63) is 262 Å². The van der Waals surface area contributed by atoms with E-state index in [1.807, 2.05) is 77.3 Å². The van der Waals surface area contributed by atoms with E-state index in [1.54, 1.807) is 0 Å². The van der Waals surface area contributed by atoms with Gasteiger partial charge in [0.15, 0.2) is 5.54 Å². The van der Waals surface area contributed by atoms with Crippen LogP contribution in [0.1, 0.15) is 51.8 Å². The highest BCUT2D eigenvalue weighted by atomic mass is 16.5. The summed E-state index contributed by atoms with van der Waals surface area (Å²) in [6.07, 6.45) is 6.26. The molecule has 8 aromatic rings. The zero-order valence-electron chi connectivity index (χ0n) is 33.9. The molecule has 298 valence electrons. The molecular formula is C54H40N6O2. The number of aromatic amines is 2. The number of aromatic nitrogens is 3. The number of benzene rings is 5. The van der Waals surface area contributed by atoms with Gasteiger partial charge in [0.05, 0.1) is 35.1 Å². The van der Waals surface area contributed by atoms with E-state index < -0.39 is 11.5 Å². The first-order valence-electron chi connectivity index (χ1n) is 20.8. The highest BCUT2D eigenvalue weighted by Crippen LogP contribution is 2.48. The molecule has 3 aromatic heterocycles. The van der Waals surface area contributed by atoms with Crippen LogP contribution in [-0.4, -0.2) is 38.7 Å². The molecule has 0 radical (unpaired) electrons. The zero-order valence-corrected chi connectivity index (χ0v) is 33.9. The lowest BCUT2D eigenvalue weighted by molar-refractivity contribution is -0.135.